The number of pyridine rings is 1. The SMILES string of the molecule is Cc1noc2nc(C3CC3)cc(C(=O)N3CC[C@H](N4CCCC4)C3)c12. The highest BCUT2D eigenvalue weighted by Crippen LogP contribution is 2.40. The predicted molar refractivity (Wildman–Crippen MR) is 93.6 cm³/mol. The Morgan fingerprint density at radius 3 is 2.76 bits per heavy atom. The maximum absolute atomic E-state index is 13.3. The molecule has 2 aliphatic heterocycles. The zero-order valence-electron chi connectivity index (χ0n) is 14.7. The first-order chi connectivity index (χ1) is 12.2. The third-order valence-corrected chi connectivity index (χ3v) is 5.97. The Hall–Kier alpha value is -1.95. The average molecular weight is 340 g/mol. The molecule has 25 heavy (non-hydrogen) atoms. The number of aromatic nitrogens is 2. The Kier molecular flexibility index (Phi) is 3.55. The number of fused-ring (bicyclic) bond motifs is 1. The lowest BCUT2D eigenvalue weighted by Gasteiger charge is -2.23. The van der Waals surface area contributed by atoms with Crippen molar-refractivity contribution in [2.45, 2.75) is 51.0 Å². The minimum atomic E-state index is 0.113. The molecular weight excluding hydrogens is 316 g/mol. The van der Waals surface area contributed by atoms with Gasteiger partial charge in [-0.15, -0.1) is 0 Å². The van der Waals surface area contributed by atoms with Crippen LogP contribution in [0.4, 0.5) is 0 Å². The van der Waals surface area contributed by atoms with Crippen molar-refractivity contribution in [1.29, 1.82) is 0 Å². The molecule has 1 aliphatic carbocycles. The van der Waals surface area contributed by atoms with Crippen molar-refractivity contribution < 1.29 is 9.32 Å². The van der Waals surface area contributed by atoms with Crippen LogP contribution in [0.3, 0.4) is 0 Å². The molecule has 0 aromatic carbocycles. The topological polar surface area (TPSA) is 62.5 Å². The fraction of sp³-hybridized carbons (Fsp3) is 0.632. The Bertz CT molecular complexity index is 820. The Labute approximate surface area is 147 Å². The summed E-state index contributed by atoms with van der Waals surface area (Å²) < 4.78 is 5.38. The van der Waals surface area contributed by atoms with Crippen LogP contribution in [0.2, 0.25) is 0 Å². The largest absolute Gasteiger partial charge is 0.337 e. The molecule has 3 fully saturated rings. The molecule has 6 nitrogen and oxygen atoms in total. The van der Waals surface area contributed by atoms with Crippen LogP contribution < -0.4 is 0 Å². The summed E-state index contributed by atoms with van der Waals surface area (Å²) in [6.45, 7) is 5.93. The van der Waals surface area contributed by atoms with Crippen LogP contribution in [0.1, 0.15) is 59.8 Å². The van der Waals surface area contributed by atoms with Gasteiger partial charge in [-0.25, -0.2) is 4.98 Å². The molecule has 1 amide bonds. The minimum absolute atomic E-state index is 0.113. The van der Waals surface area contributed by atoms with Gasteiger partial charge in [0.1, 0.15) is 0 Å². The maximum Gasteiger partial charge on any atom is 0.259 e. The number of carbonyl (C=O) groups is 1. The van der Waals surface area contributed by atoms with E-state index in [4.69, 9.17) is 4.52 Å². The second-order valence-corrected chi connectivity index (χ2v) is 7.75. The number of aryl methyl sites for hydroxylation is 1. The first-order valence-corrected chi connectivity index (χ1v) is 9.51. The van der Waals surface area contributed by atoms with Gasteiger partial charge >= 0.3 is 0 Å². The summed E-state index contributed by atoms with van der Waals surface area (Å²) in [7, 11) is 0. The lowest BCUT2D eigenvalue weighted by Crippen LogP contribution is -2.37. The van der Waals surface area contributed by atoms with E-state index in [2.05, 4.69) is 15.0 Å². The highest BCUT2D eigenvalue weighted by Gasteiger charge is 2.34. The Balaban J connectivity index is 1.45. The molecule has 4 heterocycles. The van der Waals surface area contributed by atoms with Gasteiger partial charge in [-0.05, 0) is 58.2 Å². The summed E-state index contributed by atoms with van der Waals surface area (Å²) >= 11 is 0. The van der Waals surface area contributed by atoms with E-state index in [0.717, 1.165) is 54.7 Å². The first-order valence-electron chi connectivity index (χ1n) is 9.51. The molecule has 5 rings (SSSR count). The molecule has 0 bridgehead atoms. The number of amides is 1. The van der Waals surface area contributed by atoms with Crippen molar-refractivity contribution in [1.82, 2.24) is 19.9 Å². The van der Waals surface area contributed by atoms with Crippen molar-refractivity contribution in [3.05, 3.63) is 23.0 Å². The van der Waals surface area contributed by atoms with Gasteiger partial charge in [0, 0.05) is 30.7 Å². The molecule has 0 N–H and O–H groups in total. The highest BCUT2D eigenvalue weighted by molar-refractivity contribution is 6.06. The van der Waals surface area contributed by atoms with Gasteiger partial charge in [-0.3, -0.25) is 9.69 Å². The van der Waals surface area contributed by atoms with Crippen LogP contribution in [0.25, 0.3) is 11.1 Å². The third-order valence-electron chi connectivity index (χ3n) is 5.97. The molecule has 1 atom stereocenters. The summed E-state index contributed by atoms with van der Waals surface area (Å²) in [5, 5.41) is 4.84. The zero-order valence-corrected chi connectivity index (χ0v) is 14.7. The molecule has 2 aromatic heterocycles. The van der Waals surface area contributed by atoms with Crippen LogP contribution >= 0.6 is 0 Å². The maximum atomic E-state index is 13.3. The van der Waals surface area contributed by atoms with Crippen LogP contribution in [0.5, 0.6) is 0 Å². The van der Waals surface area contributed by atoms with Gasteiger partial charge in [-0.2, -0.15) is 0 Å². The van der Waals surface area contributed by atoms with E-state index < -0.39 is 0 Å². The van der Waals surface area contributed by atoms with Crippen molar-refractivity contribution >= 4 is 17.0 Å². The van der Waals surface area contributed by atoms with Crippen LogP contribution in [0, 0.1) is 6.92 Å². The summed E-state index contributed by atoms with van der Waals surface area (Å²) in [6.07, 6.45) is 5.97. The quantitative estimate of drug-likeness (QED) is 0.860. The average Bonchev–Trinajstić information content (AvgIpc) is 3.03. The number of carbonyl (C=O) groups excluding carboxylic acids is 1. The molecule has 0 spiro atoms. The molecule has 6 heteroatoms. The standard InChI is InChI=1S/C19H24N4O2/c1-12-17-15(10-16(13-4-5-13)20-18(17)25-21-12)19(24)23-9-6-14(11-23)22-7-2-3-8-22/h10,13-14H,2-9,11H2,1H3/t14-/m0/s1. The third kappa shape index (κ3) is 2.63. The summed E-state index contributed by atoms with van der Waals surface area (Å²) in [6, 6.07) is 2.52. The monoisotopic (exact) mass is 340 g/mol. The molecule has 0 radical (unpaired) electrons. The second kappa shape index (κ2) is 5.80. The predicted octanol–water partition coefficient (Wildman–Crippen LogP) is 2.72. The van der Waals surface area contributed by atoms with Crippen molar-refractivity contribution in [2.75, 3.05) is 26.2 Å². The van der Waals surface area contributed by atoms with E-state index >= 15 is 0 Å². The molecule has 3 aliphatic rings. The fourth-order valence-electron chi connectivity index (χ4n) is 4.37. The highest BCUT2D eigenvalue weighted by atomic mass is 16.5. The second-order valence-electron chi connectivity index (χ2n) is 7.75. The van der Waals surface area contributed by atoms with Crippen LogP contribution in [-0.4, -0.2) is 58.1 Å². The van der Waals surface area contributed by atoms with Crippen molar-refractivity contribution in [2.24, 2.45) is 0 Å². The Morgan fingerprint density at radius 1 is 1.20 bits per heavy atom. The lowest BCUT2D eigenvalue weighted by atomic mass is 10.1. The summed E-state index contributed by atoms with van der Waals surface area (Å²) in [5.41, 5.74) is 2.99. The van der Waals surface area contributed by atoms with E-state index in [0.29, 0.717) is 17.7 Å². The van der Waals surface area contributed by atoms with E-state index in [1.807, 2.05) is 17.9 Å². The van der Waals surface area contributed by atoms with Crippen molar-refractivity contribution in [3.63, 3.8) is 0 Å². The van der Waals surface area contributed by atoms with Gasteiger partial charge < -0.3 is 9.42 Å². The van der Waals surface area contributed by atoms with Crippen molar-refractivity contribution in [3.8, 4) is 0 Å². The first kappa shape index (κ1) is 15.3. The van der Waals surface area contributed by atoms with E-state index in [-0.39, 0.29) is 5.91 Å². The summed E-state index contributed by atoms with van der Waals surface area (Å²) in [5.74, 6) is 0.597. The van der Waals surface area contributed by atoms with E-state index in [1.54, 1.807) is 0 Å². The molecule has 2 saturated heterocycles. The molecule has 2 aromatic rings. The number of likely N-dealkylation sites (tertiary alicyclic amines) is 2. The zero-order chi connectivity index (χ0) is 17.0. The summed E-state index contributed by atoms with van der Waals surface area (Å²) in [4.78, 5) is 22.4. The number of hydrogen-bond acceptors (Lipinski definition) is 5. The normalized spacial score (nSPS) is 24.5. The van der Waals surface area contributed by atoms with Gasteiger partial charge in [-0.1, -0.05) is 5.16 Å². The molecule has 132 valence electrons. The molecular formula is C19H24N4O2. The van der Waals surface area contributed by atoms with E-state index in [9.17, 15) is 4.79 Å². The van der Waals surface area contributed by atoms with Crippen LogP contribution in [0.15, 0.2) is 10.6 Å². The Morgan fingerprint density at radius 2 is 2.00 bits per heavy atom. The number of nitrogens with zero attached hydrogens (tertiary/aromatic N) is 4. The van der Waals surface area contributed by atoms with Gasteiger partial charge in [0.15, 0.2) is 0 Å². The van der Waals surface area contributed by atoms with E-state index in [1.165, 1.54) is 25.9 Å². The molecule has 1 saturated carbocycles. The number of hydrogen-bond donors (Lipinski definition) is 0. The lowest BCUT2D eigenvalue weighted by molar-refractivity contribution is 0.0781. The minimum Gasteiger partial charge on any atom is -0.337 e. The van der Waals surface area contributed by atoms with Gasteiger partial charge in [0.05, 0.1) is 16.6 Å². The van der Waals surface area contributed by atoms with Gasteiger partial charge in [0.2, 0.25) is 0 Å². The molecule has 0 unspecified atom stereocenters. The smallest absolute Gasteiger partial charge is 0.259 e. The number of rotatable bonds is 3. The van der Waals surface area contributed by atoms with Gasteiger partial charge in [0.25, 0.3) is 11.6 Å². The fourth-order valence-corrected chi connectivity index (χ4v) is 4.37. The van der Waals surface area contributed by atoms with Crippen LogP contribution in [-0.2, 0) is 0 Å².